The van der Waals surface area contributed by atoms with Gasteiger partial charge in [-0.15, -0.1) is 0 Å². The lowest BCUT2D eigenvalue weighted by Gasteiger charge is -2.20. The zero-order valence-corrected chi connectivity index (χ0v) is 21.0. The fraction of sp³-hybridized carbons (Fsp3) is 0.458. The van der Waals surface area contributed by atoms with Gasteiger partial charge in [0, 0.05) is 19.5 Å². The van der Waals surface area contributed by atoms with E-state index in [2.05, 4.69) is 5.32 Å². The molecule has 0 atom stereocenters. The Morgan fingerprint density at radius 2 is 1.67 bits per heavy atom. The number of methoxy groups -OCH3 is 2. The number of ether oxygens (including phenoxy) is 3. The van der Waals surface area contributed by atoms with Crippen molar-refractivity contribution in [1.29, 1.82) is 0 Å². The van der Waals surface area contributed by atoms with Crippen LogP contribution in [-0.2, 0) is 21.2 Å². The normalized spacial score (nSPS) is 11.5. The van der Waals surface area contributed by atoms with Crippen molar-refractivity contribution >= 4 is 21.6 Å². The van der Waals surface area contributed by atoms with Crippen molar-refractivity contribution in [3.8, 4) is 17.2 Å². The smallest absolute Gasteiger partial charge is 0.243 e. The number of rotatable bonds is 12. The maximum atomic E-state index is 13.0. The van der Waals surface area contributed by atoms with Crippen molar-refractivity contribution in [2.24, 2.45) is 0 Å². The van der Waals surface area contributed by atoms with E-state index in [1.54, 1.807) is 46.3 Å². The highest BCUT2D eigenvalue weighted by Crippen LogP contribution is 2.31. The zero-order valence-electron chi connectivity index (χ0n) is 20.2. The second-order valence-electron chi connectivity index (χ2n) is 7.64. The summed E-state index contributed by atoms with van der Waals surface area (Å²) < 4.78 is 43.7. The third kappa shape index (κ3) is 6.85. The Morgan fingerprint density at radius 1 is 1.00 bits per heavy atom. The van der Waals surface area contributed by atoms with Crippen molar-refractivity contribution in [3.05, 3.63) is 42.0 Å². The first-order valence-corrected chi connectivity index (χ1v) is 12.4. The first-order valence-electron chi connectivity index (χ1n) is 11.0. The van der Waals surface area contributed by atoms with Crippen LogP contribution in [0.2, 0.25) is 0 Å². The molecule has 0 unspecified atom stereocenters. The fourth-order valence-electron chi connectivity index (χ4n) is 3.37. The van der Waals surface area contributed by atoms with Gasteiger partial charge in [0.25, 0.3) is 0 Å². The number of amides is 1. The summed E-state index contributed by atoms with van der Waals surface area (Å²) in [5.41, 5.74) is 1.16. The van der Waals surface area contributed by atoms with Gasteiger partial charge in [0.2, 0.25) is 15.9 Å². The molecule has 2 aromatic carbocycles. The Labute approximate surface area is 196 Å². The molecule has 0 radical (unpaired) electrons. The molecular formula is C24H34N2O6S. The topological polar surface area (TPSA) is 94.2 Å². The molecule has 2 aromatic rings. The highest BCUT2D eigenvalue weighted by atomic mass is 32.2. The Bertz CT molecular complexity index is 1050. The number of nitrogens with one attached hydrogen (secondary N) is 1. The lowest BCUT2D eigenvalue weighted by Crippen LogP contribution is -2.30. The van der Waals surface area contributed by atoms with E-state index in [1.807, 2.05) is 19.9 Å². The minimum atomic E-state index is -3.68. The number of benzene rings is 2. The van der Waals surface area contributed by atoms with Crippen LogP contribution in [0.25, 0.3) is 0 Å². The molecule has 0 saturated carbocycles. The fourth-order valence-corrected chi connectivity index (χ4v) is 4.86. The molecular weight excluding hydrogens is 444 g/mol. The van der Waals surface area contributed by atoms with Crippen LogP contribution < -0.4 is 19.5 Å². The molecule has 1 N–H and O–H groups in total. The van der Waals surface area contributed by atoms with Crippen LogP contribution >= 0.6 is 0 Å². The number of sulfonamides is 1. The molecule has 8 nitrogen and oxygen atoms in total. The SMILES string of the molecule is CCN(CC)S(=O)(=O)c1ccc(OC(C)C)c(NC(=O)CCc2cc(OC)ccc2OC)c1. The summed E-state index contributed by atoms with van der Waals surface area (Å²) >= 11 is 0. The summed E-state index contributed by atoms with van der Waals surface area (Å²) in [6, 6.07) is 9.95. The Kier molecular flexibility index (Phi) is 9.55. The maximum Gasteiger partial charge on any atom is 0.243 e. The molecule has 0 bridgehead atoms. The molecule has 0 aromatic heterocycles. The highest BCUT2D eigenvalue weighted by Gasteiger charge is 2.23. The summed E-state index contributed by atoms with van der Waals surface area (Å²) in [7, 11) is -0.531. The molecule has 0 aliphatic carbocycles. The van der Waals surface area contributed by atoms with Crippen molar-refractivity contribution in [3.63, 3.8) is 0 Å². The van der Waals surface area contributed by atoms with Gasteiger partial charge in [-0.2, -0.15) is 4.31 Å². The minimum Gasteiger partial charge on any atom is -0.497 e. The quantitative estimate of drug-likeness (QED) is 0.494. The molecule has 0 aliphatic rings. The molecule has 33 heavy (non-hydrogen) atoms. The number of hydrogen-bond donors (Lipinski definition) is 1. The van der Waals surface area contributed by atoms with Crippen LogP contribution in [0.1, 0.15) is 39.7 Å². The van der Waals surface area contributed by atoms with Gasteiger partial charge in [0.1, 0.15) is 17.2 Å². The van der Waals surface area contributed by atoms with E-state index in [4.69, 9.17) is 14.2 Å². The molecule has 0 aliphatic heterocycles. The lowest BCUT2D eigenvalue weighted by atomic mass is 10.1. The van der Waals surface area contributed by atoms with Crippen LogP contribution in [-0.4, -0.2) is 52.0 Å². The van der Waals surface area contributed by atoms with E-state index in [9.17, 15) is 13.2 Å². The van der Waals surface area contributed by atoms with Crippen molar-refractivity contribution in [1.82, 2.24) is 4.31 Å². The zero-order chi connectivity index (χ0) is 24.6. The minimum absolute atomic E-state index is 0.104. The summed E-state index contributed by atoms with van der Waals surface area (Å²) in [4.78, 5) is 12.9. The van der Waals surface area contributed by atoms with Crippen molar-refractivity contribution < 1.29 is 27.4 Å². The van der Waals surface area contributed by atoms with E-state index in [0.717, 1.165) is 5.56 Å². The monoisotopic (exact) mass is 478 g/mol. The average molecular weight is 479 g/mol. The molecule has 0 spiro atoms. The van der Waals surface area contributed by atoms with Gasteiger partial charge in [0.05, 0.1) is 30.9 Å². The number of nitrogens with zero attached hydrogens (tertiary/aromatic N) is 1. The first-order chi connectivity index (χ1) is 15.7. The molecule has 0 saturated heterocycles. The van der Waals surface area contributed by atoms with Crippen LogP contribution in [0, 0.1) is 0 Å². The standard InChI is InChI=1S/C24H34N2O6S/c1-7-26(8-2)33(28,29)20-11-13-23(32-17(3)4)21(16-20)25-24(27)14-9-18-15-19(30-5)10-12-22(18)31-6/h10-13,15-17H,7-9,14H2,1-6H3,(H,25,27). The molecule has 1 amide bonds. The molecule has 0 heterocycles. The van der Waals surface area contributed by atoms with Crippen LogP contribution in [0.15, 0.2) is 41.3 Å². The predicted molar refractivity (Wildman–Crippen MR) is 129 cm³/mol. The molecule has 9 heteroatoms. The number of carbonyl (C=O) groups excluding carboxylic acids is 1. The van der Waals surface area contributed by atoms with Crippen LogP contribution in [0.4, 0.5) is 5.69 Å². The number of hydrogen-bond acceptors (Lipinski definition) is 6. The summed E-state index contributed by atoms with van der Waals surface area (Å²) in [5.74, 6) is 1.48. The predicted octanol–water partition coefficient (Wildman–Crippen LogP) is 4.09. The summed E-state index contributed by atoms with van der Waals surface area (Å²) in [6.45, 7) is 8.00. The highest BCUT2D eigenvalue weighted by molar-refractivity contribution is 7.89. The summed E-state index contributed by atoms with van der Waals surface area (Å²) in [6.07, 6.45) is 0.439. The van der Waals surface area contributed by atoms with Gasteiger partial charge in [-0.05, 0) is 62.2 Å². The van der Waals surface area contributed by atoms with E-state index in [0.29, 0.717) is 42.4 Å². The van der Waals surface area contributed by atoms with Gasteiger partial charge in [-0.3, -0.25) is 4.79 Å². The van der Waals surface area contributed by atoms with Crippen molar-refractivity contribution in [2.45, 2.75) is 51.5 Å². The average Bonchev–Trinajstić information content (AvgIpc) is 2.78. The van der Waals surface area contributed by atoms with Gasteiger partial charge < -0.3 is 19.5 Å². The third-order valence-corrected chi connectivity index (χ3v) is 7.09. The van der Waals surface area contributed by atoms with Crippen LogP contribution in [0.5, 0.6) is 17.2 Å². The van der Waals surface area contributed by atoms with Gasteiger partial charge in [-0.25, -0.2) is 8.42 Å². The largest absolute Gasteiger partial charge is 0.497 e. The maximum absolute atomic E-state index is 13.0. The number of aryl methyl sites for hydroxylation is 1. The van der Waals surface area contributed by atoms with E-state index >= 15 is 0 Å². The Hall–Kier alpha value is -2.78. The second-order valence-corrected chi connectivity index (χ2v) is 9.58. The Morgan fingerprint density at radius 3 is 2.24 bits per heavy atom. The second kappa shape index (κ2) is 11.9. The van der Waals surface area contributed by atoms with Crippen LogP contribution in [0.3, 0.4) is 0 Å². The summed E-state index contributed by atoms with van der Waals surface area (Å²) in [5, 5.41) is 2.82. The van der Waals surface area contributed by atoms with E-state index < -0.39 is 10.0 Å². The van der Waals surface area contributed by atoms with Gasteiger partial charge in [-0.1, -0.05) is 13.8 Å². The molecule has 2 rings (SSSR count). The molecule has 0 fully saturated rings. The number of carbonyl (C=O) groups is 1. The van der Waals surface area contributed by atoms with E-state index in [-0.39, 0.29) is 23.3 Å². The van der Waals surface area contributed by atoms with Gasteiger partial charge in [0.15, 0.2) is 0 Å². The van der Waals surface area contributed by atoms with E-state index in [1.165, 1.54) is 16.4 Å². The lowest BCUT2D eigenvalue weighted by molar-refractivity contribution is -0.116. The number of anilines is 1. The molecule has 182 valence electrons. The third-order valence-electron chi connectivity index (χ3n) is 5.04. The van der Waals surface area contributed by atoms with Gasteiger partial charge >= 0.3 is 0 Å². The first kappa shape index (κ1) is 26.5. The van der Waals surface area contributed by atoms with Crippen molar-refractivity contribution in [2.75, 3.05) is 32.6 Å². The Balaban J connectivity index is 2.28.